The molecule has 1 aliphatic heterocycles. The van der Waals surface area contributed by atoms with Crippen molar-refractivity contribution < 1.29 is 22.3 Å². The van der Waals surface area contributed by atoms with Crippen molar-refractivity contribution in [2.75, 3.05) is 24.6 Å². The monoisotopic (exact) mass is 514 g/mol. The molecule has 0 unspecified atom stereocenters. The second-order valence-corrected chi connectivity index (χ2v) is 8.82. The molecule has 192 valence electrons. The van der Waals surface area contributed by atoms with E-state index in [-0.39, 0.29) is 34.3 Å². The Morgan fingerprint density at radius 1 is 1.05 bits per heavy atom. The molecule has 4 aromatic rings. The highest BCUT2D eigenvalue weighted by molar-refractivity contribution is 5.89. The lowest BCUT2D eigenvalue weighted by atomic mass is 10.1. The molecule has 4 heterocycles. The summed E-state index contributed by atoms with van der Waals surface area (Å²) in [5.41, 5.74) is -0.199. The van der Waals surface area contributed by atoms with Gasteiger partial charge in [-0.25, -0.2) is 19.3 Å². The zero-order chi connectivity index (χ0) is 26.5. The molecule has 5 rings (SSSR count). The van der Waals surface area contributed by atoms with Gasteiger partial charge in [-0.15, -0.1) is 0 Å². The number of alkyl halides is 3. The van der Waals surface area contributed by atoms with Gasteiger partial charge in [0.15, 0.2) is 5.52 Å². The number of hydrogen-bond acceptors (Lipinski definition) is 7. The predicted molar refractivity (Wildman–Crippen MR) is 128 cm³/mol. The van der Waals surface area contributed by atoms with E-state index in [2.05, 4.69) is 19.9 Å². The Morgan fingerprint density at radius 2 is 1.84 bits per heavy atom. The van der Waals surface area contributed by atoms with E-state index in [1.165, 1.54) is 11.6 Å². The highest BCUT2D eigenvalue weighted by Crippen LogP contribution is 2.35. The van der Waals surface area contributed by atoms with Crippen LogP contribution < -0.4 is 10.5 Å². The number of anilines is 1. The molecule has 0 bridgehead atoms. The van der Waals surface area contributed by atoms with Crippen molar-refractivity contribution in [3.8, 4) is 11.3 Å². The molecule has 0 N–H and O–H groups in total. The average molecular weight is 514 g/mol. The number of halogens is 4. The van der Waals surface area contributed by atoms with Gasteiger partial charge in [0.1, 0.15) is 29.0 Å². The summed E-state index contributed by atoms with van der Waals surface area (Å²) in [4.78, 5) is 32.5. The molecule has 0 aliphatic carbocycles. The number of aromatic nitrogens is 5. The van der Waals surface area contributed by atoms with Crippen molar-refractivity contribution in [2.45, 2.75) is 26.1 Å². The van der Waals surface area contributed by atoms with E-state index in [4.69, 9.17) is 4.74 Å². The quantitative estimate of drug-likeness (QED) is 0.380. The Bertz CT molecular complexity index is 1570. The molecule has 0 saturated carbocycles. The fourth-order valence-corrected chi connectivity index (χ4v) is 4.25. The summed E-state index contributed by atoms with van der Waals surface area (Å²) >= 11 is 0. The van der Waals surface area contributed by atoms with Crippen LogP contribution >= 0.6 is 0 Å². The van der Waals surface area contributed by atoms with Crippen molar-refractivity contribution in [3.05, 3.63) is 75.3 Å². The maximum absolute atomic E-state index is 15.1. The summed E-state index contributed by atoms with van der Waals surface area (Å²) in [6.07, 6.45) is -3.36. The summed E-state index contributed by atoms with van der Waals surface area (Å²) in [6, 6.07) is 5.93. The molecular weight excluding hydrogens is 492 g/mol. The fraction of sp³-hybridized carbons (Fsp3) is 0.320. The van der Waals surface area contributed by atoms with Crippen LogP contribution in [-0.4, -0.2) is 44.2 Å². The van der Waals surface area contributed by atoms with Crippen molar-refractivity contribution in [3.63, 3.8) is 0 Å². The van der Waals surface area contributed by atoms with E-state index >= 15 is 4.39 Å². The van der Waals surface area contributed by atoms with Gasteiger partial charge in [-0.1, -0.05) is 0 Å². The minimum Gasteiger partial charge on any atom is -0.370 e. The third-order valence-electron chi connectivity index (χ3n) is 6.33. The first-order chi connectivity index (χ1) is 17.5. The topological polar surface area (TPSA) is 86.0 Å². The molecule has 1 aliphatic rings. The number of morpholine rings is 1. The third-order valence-corrected chi connectivity index (χ3v) is 6.33. The molecule has 3 aromatic heterocycles. The molecule has 0 spiro atoms. The van der Waals surface area contributed by atoms with Gasteiger partial charge < -0.3 is 9.64 Å². The van der Waals surface area contributed by atoms with E-state index in [1.807, 2.05) is 19.1 Å². The minimum atomic E-state index is -4.71. The summed E-state index contributed by atoms with van der Waals surface area (Å²) in [5.74, 6) is -0.682. The molecule has 1 aromatic carbocycles. The van der Waals surface area contributed by atoms with E-state index in [1.54, 1.807) is 18.0 Å². The van der Waals surface area contributed by atoms with Gasteiger partial charge in [0, 0.05) is 31.0 Å². The highest BCUT2D eigenvalue weighted by Gasteiger charge is 2.32. The molecule has 1 fully saturated rings. The lowest BCUT2D eigenvalue weighted by Gasteiger charge is -2.33. The van der Waals surface area contributed by atoms with Gasteiger partial charge in [-0.2, -0.15) is 13.2 Å². The van der Waals surface area contributed by atoms with Crippen LogP contribution in [0.4, 0.5) is 23.5 Å². The summed E-state index contributed by atoms with van der Waals surface area (Å²) in [7, 11) is 1.53. The molecule has 12 heteroatoms. The van der Waals surface area contributed by atoms with Crippen molar-refractivity contribution in [1.82, 2.24) is 24.5 Å². The maximum Gasteiger partial charge on any atom is 0.416 e. The van der Waals surface area contributed by atoms with Gasteiger partial charge >= 0.3 is 6.18 Å². The zero-order valence-electron chi connectivity index (χ0n) is 20.2. The number of hydrogen-bond donors (Lipinski definition) is 0. The molecule has 1 saturated heterocycles. The molecular formula is C25H22F4N6O2. The highest BCUT2D eigenvalue weighted by atomic mass is 19.4. The van der Waals surface area contributed by atoms with Crippen LogP contribution in [0, 0.1) is 19.7 Å². The Kier molecular flexibility index (Phi) is 6.14. The Labute approximate surface area is 208 Å². The number of fused-ring (bicyclic) bond motifs is 1. The second-order valence-electron chi connectivity index (χ2n) is 8.82. The first-order valence-electron chi connectivity index (χ1n) is 11.4. The zero-order valence-corrected chi connectivity index (χ0v) is 20.2. The predicted octanol–water partition coefficient (Wildman–Crippen LogP) is 4.14. The number of nitrogens with zero attached hydrogens (tertiary/aromatic N) is 6. The third kappa shape index (κ3) is 4.64. The van der Waals surface area contributed by atoms with Gasteiger partial charge in [-0.3, -0.25) is 14.3 Å². The fourth-order valence-electron chi connectivity index (χ4n) is 4.25. The first kappa shape index (κ1) is 24.8. The number of pyridine rings is 1. The van der Waals surface area contributed by atoms with E-state index in [9.17, 15) is 18.0 Å². The summed E-state index contributed by atoms with van der Waals surface area (Å²) in [5, 5.41) is 0. The number of aryl methyl sites for hydroxylation is 2. The van der Waals surface area contributed by atoms with Crippen LogP contribution in [0.1, 0.15) is 28.7 Å². The lowest BCUT2D eigenvalue weighted by molar-refractivity contribution is -0.137. The lowest BCUT2D eigenvalue weighted by Crippen LogP contribution is -2.39. The Hall–Kier alpha value is -3.93. The largest absolute Gasteiger partial charge is 0.416 e. The maximum atomic E-state index is 15.1. The van der Waals surface area contributed by atoms with E-state index < -0.39 is 23.1 Å². The van der Waals surface area contributed by atoms with Crippen LogP contribution in [0.2, 0.25) is 0 Å². The van der Waals surface area contributed by atoms with Crippen LogP contribution in [0.15, 0.2) is 41.3 Å². The van der Waals surface area contributed by atoms with Gasteiger partial charge in [0.05, 0.1) is 18.7 Å². The van der Waals surface area contributed by atoms with Crippen molar-refractivity contribution in [2.24, 2.45) is 7.05 Å². The van der Waals surface area contributed by atoms with Crippen LogP contribution in [0.25, 0.3) is 22.3 Å². The smallest absolute Gasteiger partial charge is 0.370 e. The molecule has 0 amide bonds. The van der Waals surface area contributed by atoms with Crippen molar-refractivity contribution >= 4 is 17.0 Å². The molecule has 8 nitrogen and oxygen atoms in total. The van der Waals surface area contributed by atoms with Crippen molar-refractivity contribution in [1.29, 1.82) is 0 Å². The Morgan fingerprint density at radius 3 is 2.54 bits per heavy atom. The molecule has 37 heavy (non-hydrogen) atoms. The number of ether oxygens (including phenoxy) is 1. The molecule has 1 atom stereocenters. The van der Waals surface area contributed by atoms with Gasteiger partial charge in [-0.05, 0) is 49.7 Å². The number of rotatable bonds is 3. The first-order valence-corrected chi connectivity index (χ1v) is 11.4. The molecule has 0 radical (unpaired) electrons. The standard InChI is InChI=1S/C25H22F4N6O2/c1-13-10-15(6-7-30-13)19-12-35(8-9-37-19)24-32-20(17-5-4-16(11-18(17)26)25(27,28)29)21-22(33-24)23(36)34(3)14(2)31-21/h4-7,10-11,19H,8-9,12H2,1-3H3/t19-/m0/s1. The van der Waals surface area contributed by atoms with Gasteiger partial charge in [0.25, 0.3) is 5.56 Å². The summed E-state index contributed by atoms with van der Waals surface area (Å²) in [6.45, 7) is 4.52. The van der Waals surface area contributed by atoms with Gasteiger partial charge in [0.2, 0.25) is 5.95 Å². The average Bonchev–Trinajstić information content (AvgIpc) is 2.86. The Balaban J connectivity index is 1.66. The van der Waals surface area contributed by atoms with Crippen LogP contribution in [0.5, 0.6) is 0 Å². The summed E-state index contributed by atoms with van der Waals surface area (Å²) < 4.78 is 61.7. The van der Waals surface area contributed by atoms with E-state index in [0.29, 0.717) is 31.6 Å². The minimum absolute atomic E-state index is 0.0116. The van der Waals surface area contributed by atoms with Crippen LogP contribution in [0.3, 0.4) is 0 Å². The SMILES string of the molecule is Cc1cc([C@@H]2CN(c3nc(-c4ccc(C(F)(F)F)cc4F)c4nc(C)n(C)c(=O)c4n3)CCO2)ccn1. The number of benzene rings is 1. The van der Waals surface area contributed by atoms with Crippen LogP contribution in [-0.2, 0) is 18.0 Å². The second kappa shape index (κ2) is 9.18. The van der Waals surface area contributed by atoms with E-state index in [0.717, 1.165) is 23.4 Å². The normalized spacial score (nSPS) is 16.4.